The Hall–Kier alpha value is -1.72. The van der Waals surface area contributed by atoms with Crippen molar-refractivity contribution in [2.75, 3.05) is 19.7 Å². The summed E-state index contributed by atoms with van der Waals surface area (Å²) in [6, 6.07) is 6.77. The lowest BCUT2D eigenvalue weighted by atomic mass is 10.1. The predicted molar refractivity (Wildman–Crippen MR) is 83.1 cm³/mol. The van der Waals surface area contributed by atoms with E-state index in [0.717, 1.165) is 44.0 Å². The summed E-state index contributed by atoms with van der Waals surface area (Å²) < 4.78 is 21.2. The molecule has 4 nitrogen and oxygen atoms in total. The van der Waals surface area contributed by atoms with Gasteiger partial charge in [0.1, 0.15) is 11.6 Å². The molecule has 0 amide bonds. The molecule has 22 heavy (non-hydrogen) atoms. The van der Waals surface area contributed by atoms with Crippen molar-refractivity contribution in [3.8, 4) is 0 Å². The third kappa shape index (κ3) is 3.54. The lowest BCUT2D eigenvalue weighted by molar-refractivity contribution is -0.0311. The first-order chi connectivity index (χ1) is 10.6. The van der Waals surface area contributed by atoms with E-state index in [9.17, 15) is 4.39 Å². The normalized spacial score (nSPS) is 19.5. The van der Waals surface area contributed by atoms with E-state index in [1.807, 2.05) is 26.2 Å². The quantitative estimate of drug-likeness (QED) is 0.868. The maximum absolute atomic E-state index is 13.3. The number of halogens is 1. The Morgan fingerprint density at radius 3 is 3.00 bits per heavy atom. The van der Waals surface area contributed by atoms with Gasteiger partial charge in [0.15, 0.2) is 0 Å². The summed E-state index contributed by atoms with van der Waals surface area (Å²) in [6.45, 7) is 5.39. The molecular formula is C17H22FN3O. The first-order valence-electron chi connectivity index (χ1n) is 7.67. The molecule has 0 bridgehead atoms. The topological polar surface area (TPSA) is 30.3 Å². The summed E-state index contributed by atoms with van der Waals surface area (Å²) in [4.78, 5) is 6.72. The fraction of sp³-hybridized carbons (Fsp3) is 0.471. The molecule has 1 saturated heterocycles. The van der Waals surface area contributed by atoms with Gasteiger partial charge >= 0.3 is 0 Å². The number of aryl methyl sites for hydroxylation is 1. The van der Waals surface area contributed by atoms with Crippen LogP contribution in [0.4, 0.5) is 4.39 Å². The smallest absolute Gasteiger partial charge is 0.123 e. The van der Waals surface area contributed by atoms with Crippen LogP contribution in [0.2, 0.25) is 0 Å². The lowest BCUT2D eigenvalue weighted by Gasteiger charge is -2.33. The van der Waals surface area contributed by atoms with Gasteiger partial charge in [-0.2, -0.15) is 0 Å². The summed E-state index contributed by atoms with van der Waals surface area (Å²) in [5.74, 6) is 0.843. The second kappa shape index (κ2) is 6.58. The van der Waals surface area contributed by atoms with Gasteiger partial charge in [-0.05, 0) is 31.0 Å². The van der Waals surface area contributed by atoms with Crippen molar-refractivity contribution in [3.63, 3.8) is 0 Å². The molecule has 0 saturated carbocycles. The minimum absolute atomic E-state index is 0.116. The number of rotatable bonds is 4. The van der Waals surface area contributed by atoms with E-state index < -0.39 is 0 Å². The van der Waals surface area contributed by atoms with E-state index in [-0.39, 0.29) is 11.9 Å². The molecule has 5 heteroatoms. The van der Waals surface area contributed by atoms with Gasteiger partial charge in [0.2, 0.25) is 0 Å². The molecule has 0 unspecified atom stereocenters. The molecule has 2 heterocycles. The van der Waals surface area contributed by atoms with Crippen molar-refractivity contribution < 1.29 is 9.13 Å². The van der Waals surface area contributed by atoms with Gasteiger partial charge in [-0.3, -0.25) is 4.90 Å². The summed E-state index contributed by atoms with van der Waals surface area (Å²) in [5, 5.41) is 0. The van der Waals surface area contributed by atoms with Crippen molar-refractivity contribution in [1.29, 1.82) is 0 Å². The summed E-state index contributed by atoms with van der Waals surface area (Å²) in [5.41, 5.74) is 2.20. The minimum Gasteiger partial charge on any atom is -0.375 e. The Kier molecular flexibility index (Phi) is 4.55. The molecule has 1 aromatic heterocycles. The molecule has 1 aliphatic rings. The summed E-state index contributed by atoms with van der Waals surface area (Å²) in [7, 11) is 2.04. The molecule has 118 valence electrons. The zero-order valence-electron chi connectivity index (χ0n) is 13.1. The van der Waals surface area contributed by atoms with Crippen LogP contribution >= 0.6 is 0 Å². The second-order valence-electron chi connectivity index (χ2n) is 5.92. The Bertz CT molecular complexity index is 641. The van der Waals surface area contributed by atoms with Crippen molar-refractivity contribution in [3.05, 3.63) is 53.4 Å². The van der Waals surface area contributed by atoms with Gasteiger partial charge in [0, 0.05) is 32.9 Å². The van der Waals surface area contributed by atoms with Crippen molar-refractivity contribution in [1.82, 2.24) is 14.5 Å². The second-order valence-corrected chi connectivity index (χ2v) is 5.92. The zero-order valence-corrected chi connectivity index (χ0v) is 13.1. The van der Waals surface area contributed by atoms with Crippen LogP contribution in [0.3, 0.4) is 0 Å². The van der Waals surface area contributed by atoms with Crippen LogP contribution in [0.5, 0.6) is 0 Å². The van der Waals surface area contributed by atoms with E-state index in [0.29, 0.717) is 0 Å². The van der Waals surface area contributed by atoms with Gasteiger partial charge in [-0.25, -0.2) is 9.37 Å². The Balaban J connectivity index is 1.60. The monoisotopic (exact) mass is 303 g/mol. The van der Waals surface area contributed by atoms with Gasteiger partial charge in [0.25, 0.3) is 0 Å². The van der Waals surface area contributed by atoms with Crippen LogP contribution in [0.15, 0.2) is 30.5 Å². The van der Waals surface area contributed by atoms with E-state index in [1.54, 1.807) is 12.1 Å². The van der Waals surface area contributed by atoms with Gasteiger partial charge in [-0.15, -0.1) is 0 Å². The van der Waals surface area contributed by atoms with Crippen LogP contribution in [0.1, 0.15) is 17.1 Å². The van der Waals surface area contributed by atoms with Gasteiger partial charge < -0.3 is 9.30 Å². The number of ether oxygens (including phenoxy) is 1. The summed E-state index contributed by atoms with van der Waals surface area (Å²) in [6.07, 6.45) is 2.80. The molecule has 0 radical (unpaired) electrons. The molecule has 1 aromatic carbocycles. The van der Waals surface area contributed by atoms with E-state index in [1.165, 1.54) is 11.8 Å². The lowest BCUT2D eigenvalue weighted by Crippen LogP contribution is -2.43. The SMILES string of the molecule is Cc1ncc(CN2CCO[C@H](Cc3cccc(F)c3)C2)n1C. The van der Waals surface area contributed by atoms with Crippen LogP contribution in [-0.2, 0) is 24.8 Å². The Morgan fingerprint density at radius 2 is 2.27 bits per heavy atom. The Labute approximate surface area is 130 Å². The van der Waals surface area contributed by atoms with Crippen LogP contribution < -0.4 is 0 Å². The standard InChI is InChI=1S/C17H22FN3O/c1-13-19-10-16(20(13)2)11-21-6-7-22-17(12-21)9-14-4-3-5-15(18)8-14/h3-5,8,10,17H,6-7,9,11-12H2,1-2H3/t17-/m1/s1. The maximum atomic E-state index is 13.3. The Morgan fingerprint density at radius 1 is 1.41 bits per heavy atom. The average Bonchev–Trinajstić information content (AvgIpc) is 2.80. The number of hydrogen-bond donors (Lipinski definition) is 0. The first kappa shape index (κ1) is 15.2. The molecule has 0 spiro atoms. The highest BCUT2D eigenvalue weighted by molar-refractivity contribution is 5.17. The molecule has 1 aliphatic heterocycles. The number of hydrogen-bond acceptors (Lipinski definition) is 3. The highest BCUT2D eigenvalue weighted by Crippen LogP contribution is 2.15. The zero-order chi connectivity index (χ0) is 15.5. The largest absolute Gasteiger partial charge is 0.375 e. The van der Waals surface area contributed by atoms with Crippen molar-refractivity contribution in [2.24, 2.45) is 7.05 Å². The number of benzene rings is 1. The average molecular weight is 303 g/mol. The van der Waals surface area contributed by atoms with E-state index in [4.69, 9.17) is 4.74 Å². The number of nitrogens with zero attached hydrogens (tertiary/aromatic N) is 3. The van der Waals surface area contributed by atoms with Crippen LogP contribution in [-0.4, -0.2) is 40.3 Å². The molecule has 1 fully saturated rings. The highest BCUT2D eigenvalue weighted by Gasteiger charge is 2.21. The van der Waals surface area contributed by atoms with Gasteiger partial charge in [-0.1, -0.05) is 12.1 Å². The van der Waals surface area contributed by atoms with E-state index in [2.05, 4.69) is 14.5 Å². The number of imidazole rings is 1. The van der Waals surface area contributed by atoms with Crippen molar-refractivity contribution in [2.45, 2.75) is 26.0 Å². The third-order valence-corrected chi connectivity index (χ3v) is 4.28. The summed E-state index contributed by atoms with van der Waals surface area (Å²) >= 11 is 0. The fourth-order valence-electron chi connectivity index (χ4n) is 2.90. The molecule has 0 aliphatic carbocycles. The predicted octanol–water partition coefficient (Wildman–Crippen LogP) is 2.31. The molecular weight excluding hydrogens is 281 g/mol. The number of morpholine rings is 1. The molecule has 2 aromatic rings. The first-order valence-corrected chi connectivity index (χ1v) is 7.67. The molecule has 0 N–H and O–H groups in total. The molecule has 3 rings (SSSR count). The highest BCUT2D eigenvalue weighted by atomic mass is 19.1. The van der Waals surface area contributed by atoms with Crippen LogP contribution in [0.25, 0.3) is 0 Å². The third-order valence-electron chi connectivity index (χ3n) is 4.28. The van der Waals surface area contributed by atoms with E-state index >= 15 is 0 Å². The van der Waals surface area contributed by atoms with Gasteiger partial charge in [0.05, 0.1) is 18.4 Å². The fourth-order valence-corrected chi connectivity index (χ4v) is 2.90. The maximum Gasteiger partial charge on any atom is 0.123 e. The van der Waals surface area contributed by atoms with Crippen LogP contribution in [0, 0.1) is 12.7 Å². The number of aromatic nitrogens is 2. The minimum atomic E-state index is -0.185. The molecule has 1 atom stereocenters. The van der Waals surface area contributed by atoms with Crippen molar-refractivity contribution >= 4 is 0 Å².